The molecular formula is C24H39NO. The van der Waals surface area contributed by atoms with Crippen molar-refractivity contribution >= 4 is 0 Å². The molecule has 0 spiro atoms. The van der Waals surface area contributed by atoms with Crippen molar-refractivity contribution in [3.05, 3.63) is 12.2 Å². The highest BCUT2D eigenvalue weighted by Crippen LogP contribution is 2.66. The Hall–Kier alpha value is -0.340. The molecule has 1 N–H and O–H groups in total. The van der Waals surface area contributed by atoms with Gasteiger partial charge in [-0.05, 0) is 105 Å². The summed E-state index contributed by atoms with van der Waals surface area (Å²) in [4.78, 5) is 2.67. The van der Waals surface area contributed by atoms with E-state index in [1.807, 2.05) is 0 Å². The second-order valence-electron chi connectivity index (χ2n) is 11.0. The molecule has 0 unspecified atom stereocenters. The number of rotatable bonds is 1. The van der Waals surface area contributed by atoms with Crippen LogP contribution in [0.1, 0.15) is 78.1 Å². The predicted octanol–water partition coefficient (Wildman–Crippen LogP) is 5.02. The van der Waals surface area contributed by atoms with Gasteiger partial charge in [-0.15, -0.1) is 0 Å². The summed E-state index contributed by atoms with van der Waals surface area (Å²) >= 11 is 0. The SMILES string of the molecule is C[C@]12CC=CC[C@@H]1CC[C@@H]1[C@@H]2CC[C@]2(C)[C@H](O)[C@@H](N3CCCCC3)C[C@@H]12. The highest BCUT2D eigenvalue weighted by Gasteiger charge is 2.62. The van der Waals surface area contributed by atoms with E-state index in [0.717, 1.165) is 23.7 Å². The Morgan fingerprint density at radius 2 is 1.73 bits per heavy atom. The number of aliphatic hydroxyl groups is 1. The van der Waals surface area contributed by atoms with Crippen molar-refractivity contribution in [2.75, 3.05) is 13.1 Å². The summed E-state index contributed by atoms with van der Waals surface area (Å²) < 4.78 is 0. The minimum Gasteiger partial charge on any atom is -0.391 e. The van der Waals surface area contributed by atoms with Gasteiger partial charge in [0.05, 0.1) is 6.10 Å². The van der Waals surface area contributed by atoms with Crippen LogP contribution in [0, 0.1) is 34.5 Å². The maximum Gasteiger partial charge on any atom is 0.0751 e. The van der Waals surface area contributed by atoms with Crippen LogP contribution in [0.15, 0.2) is 12.2 Å². The molecule has 8 atom stereocenters. The number of likely N-dealkylation sites (tertiary alicyclic amines) is 1. The summed E-state index contributed by atoms with van der Waals surface area (Å²) in [6.45, 7) is 7.53. The summed E-state index contributed by atoms with van der Waals surface area (Å²) in [6, 6.07) is 0.445. The molecule has 3 saturated carbocycles. The van der Waals surface area contributed by atoms with Gasteiger partial charge in [-0.1, -0.05) is 32.4 Å². The molecule has 146 valence electrons. The van der Waals surface area contributed by atoms with Crippen LogP contribution >= 0.6 is 0 Å². The van der Waals surface area contributed by atoms with E-state index >= 15 is 0 Å². The molecular weight excluding hydrogens is 318 g/mol. The highest BCUT2D eigenvalue weighted by molar-refractivity contribution is 5.14. The van der Waals surface area contributed by atoms with Crippen LogP contribution in [0.25, 0.3) is 0 Å². The Morgan fingerprint density at radius 1 is 0.923 bits per heavy atom. The molecule has 2 nitrogen and oxygen atoms in total. The minimum atomic E-state index is -0.0941. The zero-order valence-corrected chi connectivity index (χ0v) is 17.0. The second kappa shape index (κ2) is 6.34. The largest absolute Gasteiger partial charge is 0.391 e. The fourth-order valence-electron chi connectivity index (χ4n) is 8.42. The lowest BCUT2D eigenvalue weighted by Gasteiger charge is -2.59. The van der Waals surface area contributed by atoms with Gasteiger partial charge in [-0.25, -0.2) is 0 Å². The molecule has 1 aliphatic heterocycles. The van der Waals surface area contributed by atoms with Gasteiger partial charge in [0.15, 0.2) is 0 Å². The monoisotopic (exact) mass is 357 g/mol. The fraction of sp³-hybridized carbons (Fsp3) is 0.917. The first-order valence-corrected chi connectivity index (χ1v) is 11.6. The summed E-state index contributed by atoms with van der Waals surface area (Å²) in [6.07, 6.45) is 18.3. The Morgan fingerprint density at radius 3 is 2.54 bits per heavy atom. The van der Waals surface area contributed by atoms with E-state index in [2.05, 4.69) is 30.9 Å². The lowest BCUT2D eigenvalue weighted by molar-refractivity contribution is -0.111. The molecule has 4 fully saturated rings. The van der Waals surface area contributed by atoms with E-state index in [1.54, 1.807) is 0 Å². The quantitative estimate of drug-likeness (QED) is 0.666. The number of fused-ring (bicyclic) bond motifs is 5. The van der Waals surface area contributed by atoms with Crippen LogP contribution in [0.5, 0.6) is 0 Å². The lowest BCUT2D eigenvalue weighted by atomic mass is 9.46. The Balaban J connectivity index is 1.42. The first-order chi connectivity index (χ1) is 12.5. The molecule has 5 aliphatic rings. The van der Waals surface area contributed by atoms with Crippen LogP contribution in [0.4, 0.5) is 0 Å². The topological polar surface area (TPSA) is 23.5 Å². The van der Waals surface area contributed by atoms with Crippen molar-refractivity contribution in [2.24, 2.45) is 34.5 Å². The molecule has 26 heavy (non-hydrogen) atoms. The zero-order valence-electron chi connectivity index (χ0n) is 17.0. The molecule has 0 bridgehead atoms. The average Bonchev–Trinajstić information content (AvgIpc) is 2.93. The summed E-state index contributed by atoms with van der Waals surface area (Å²) in [5.41, 5.74) is 0.712. The van der Waals surface area contributed by atoms with Gasteiger partial charge in [0.1, 0.15) is 0 Å². The van der Waals surface area contributed by atoms with Crippen LogP contribution in [0.2, 0.25) is 0 Å². The van der Waals surface area contributed by atoms with Gasteiger partial charge < -0.3 is 5.11 Å². The van der Waals surface area contributed by atoms with E-state index < -0.39 is 0 Å². The Kier molecular flexibility index (Phi) is 4.33. The number of nitrogens with zero attached hydrogens (tertiary/aromatic N) is 1. The minimum absolute atomic E-state index is 0.0941. The van der Waals surface area contributed by atoms with Crippen molar-refractivity contribution in [3.63, 3.8) is 0 Å². The maximum atomic E-state index is 11.4. The molecule has 1 saturated heterocycles. The molecule has 0 aromatic rings. The smallest absolute Gasteiger partial charge is 0.0751 e. The molecule has 2 heteroatoms. The van der Waals surface area contributed by atoms with Crippen LogP contribution in [-0.2, 0) is 0 Å². The predicted molar refractivity (Wildman–Crippen MR) is 107 cm³/mol. The van der Waals surface area contributed by atoms with Gasteiger partial charge in [0.25, 0.3) is 0 Å². The molecule has 1 heterocycles. The molecule has 4 aliphatic carbocycles. The molecule has 0 aromatic heterocycles. The van der Waals surface area contributed by atoms with E-state index in [-0.39, 0.29) is 11.5 Å². The first-order valence-electron chi connectivity index (χ1n) is 11.6. The number of hydrogen-bond acceptors (Lipinski definition) is 2. The third kappa shape index (κ3) is 2.43. The van der Waals surface area contributed by atoms with Gasteiger partial charge in [-0.3, -0.25) is 4.90 Å². The van der Waals surface area contributed by atoms with E-state index in [4.69, 9.17) is 0 Å². The normalized spacial score (nSPS) is 54.4. The van der Waals surface area contributed by atoms with Crippen LogP contribution in [0.3, 0.4) is 0 Å². The number of hydrogen-bond donors (Lipinski definition) is 1. The summed E-state index contributed by atoms with van der Waals surface area (Å²) in [5.74, 6) is 3.44. The second-order valence-corrected chi connectivity index (χ2v) is 11.0. The number of aliphatic hydroxyl groups excluding tert-OH is 1. The van der Waals surface area contributed by atoms with Crippen LogP contribution < -0.4 is 0 Å². The zero-order chi connectivity index (χ0) is 17.9. The van der Waals surface area contributed by atoms with Crippen molar-refractivity contribution in [1.29, 1.82) is 0 Å². The van der Waals surface area contributed by atoms with Crippen molar-refractivity contribution in [1.82, 2.24) is 4.90 Å². The third-order valence-electron chi connectivity index (χ3n) is 10.0. The Labute approximate surface area is 160 Å². The van der Waals surface area contributed by atoms with Crippen LogP contribution in [-0.4, -0.2) is 35.2 Å². The molecule has 0 aromatic carbocycles. The van der Waals surface area contributed by atoms with Gasteiger partial charge in [0, 0.05) is 6.04 Å². The van der Waals surface area contributed by atoms with Crippen molar-refractivity contribution in [2.45, 2.75) is 90.2 Å². The molecule has 0 amide bonds. The lowest BCUT2D eigenvalue weighted by Crippen LogP contribution is -2.53. The van der Waals surface area contributed by atoms with E-state index in [0.29, 0.717) is 11.5 Å². The standard InChI is InChI=1S/C24H39NO/c1-23-12-5-4-8-17(23)9-10-18-19(23)11-13-24(2)20(18)16-21(22(24)26)25-14-6-3-7-15-25/h4-5,17-22,26H,3,6-16H2,1-2H3/t17-,18-,19+,20+,21+,22-,23+,24+/m1/s1. The van der Waals surface area contributed by atoms with Gasteiger partial charge in [-0.2, -0.15) is 0 Å². The van der Waals surface area contributed by atoms with E-state index in [9.17, 15) is 5.11 Å². The van der Waals surface area contributed by atoms with E-state index in [1.165, 1.54) is 77.3 Å². The van der Waals surface area contributed by atoms with Gasteiger partial charge >= 0.3 is 0 Å². The first kappa shape index (κ1) is 17.7. The molecule has 5 rings (SSSR count). The van der Waals surface area contributed by atoms with Crippen molar-refractivity contribution in [3.8, 4) is 0 Å². The number of allylic oxidation sites excluding steroid dienone is 2. The van der Waals surface area contributed by atoms with Gasteiger partial charge in [0.2, 0.25) is 0 Å². The maximum absolute atomic E-state index is 11.4. The molecule has 0 radical (unpaired) electrons. The fourth-order valence-corrected chi connectivity index (χ4v) is 8.42. The van der Waals surface area contributed by atoms with Crippen molar-refractivity contribution < 1.29 is 5.11 Å². The average molecular weight is 358 g/mol. The highest BCUT2D eigenvalue weighted by atomic mass is 16.3. The Bertz CT molecular complexity index is 567. The summed E-state index contributed by atoms with van der Waals surface area (Å²) in [7, 11) is 0. The number of piperidine rings is 1. The third-order valence-corrected chi connectivity index (χ3v) is 10.0. The summed E-state index contributed by atoms with van der Waals surface area (Å²) in [5, 5.41) is 11.4.